The molecule has 0 aromatic carbocycles. The van der Waals surface area contributed by atoms with Gasteiger partial charge in [0.2, 0.25) is 5.95 Å². The minimum Gasteiger partial charge on any atom is -0.346 e. The van der Waals surface area contributed by atoms with Gasteiger partial charge in [-0.25, -0.2) is 4.98 Å². The van der Waals surface area contributed by atoms with E-state index >= 15 is 0 Å². The van der Waals surface area contributed by atoms with E-state index in [0.29, 0.717) is 28.9 Å². The number of amides is 1. The third-order valence-corrected chi connectivity index (χ3v) is 10.6. The van der Waals surface area contributed by atoms with Crippen LogP contribution >= 0.6 is 0 Å². The molecule has 1 N–H and O–H groups in total. The number of nitrogens with one attached hydrogen (secondary N) is 1. The highest BCUT2D eigenvalue weighted by Crippen LogP contribution is 2.30. The Morgan fingerprint density at radius 1 is 0.750 bits per heavy atom. The van der Waals surface area contributed by atoms with E-state index in [1.54, 1.807) is 16.7 Å². The zero-order valence-corrected chi connectivity index (χ0v) is 28.0. The smallest absolute Gasteiger partial charge is 0.268 e. The van der Waals surface area contributed by atoms with Crippen molar-refractivity contribution in [1.29, 1.82) is 0 Å². The summed E-state index contributed by atoms with van der Waals surface area (Å²) in [6.07, 6.45) is 29.9. The highest BCUT2D eigenvalue weighted by molar-refractivity contribution is 5.94. The van der Waals surface area contributed by atoms with Crippen LogP contribution in [0.5, 0.6) is 0 Å². The Kier molecular flexibility index (Phi) is 15.2. The van der Waals surface area contributed by atoms with Crippen LogP contribution in [0.25, 0.3) is 11.3 Å². The number of hydrogen-bond donors (Lipinski definition) is 1. The molecule has 0 spiro atoms. The monoisotopic (exact) mass is 608 g/mol. The summed E-state index contributed by atoms with van der Waals surface area (Å²) >= 11 is 0. The van der Waals surface area contributed by atoms with Crippen molar-refractivity contribution in [3.8, 4) is 11.3 Å². The lowest BCUT2D eigenvalue weighted by Crippen LogP contribution is -2.58. The Bertz CT molecular complexity index is 1090. The molecule has 1 amide bonds. The molecule has 2 unspecified atom stereocenters. The summed E-state index contributed by atoms with van der Waals surface area (Å²) in [7, 11) is 1.85. The van der Waals surface area contributed by atoms with Gasteiger partial charge in [0.1, 0.15) is 5.69 Å². The van der Waals surface area contributed by atoms with Crippen molar-refractivity contribution in [1.82, 2.24) is 19.8 Å². The Balaban J connectivity index is 1.37. The molecule has 0 saturated carbocycles. The van der Waals surface area contributed by atoms with Crippen LogP contribution in [0.2, 0.25) is 0 Å². The van der Waals surface area contributed by atoms with Crippen LogP contribution in [-0.4, -0.2) is 45.5 Å². The number of pyridine rings is 1. The van der Waals surface area contributed by atoms with Crippen molar-refractivity contribution in [3.63, 3.8) is 0 Å². The van der Waals surface area contributed by atoms with Gasteiger partial charge in [0.15, 0.2) is 0 Å². The largest absolute Gasteiger partial charge is 0.346 e. The number of halogens is 1. The van der Waals surface area contributed by atoms with Crippen molar-refractivity contribution in [2.45, 2.75) is 154 Å². The van der Waals surface area contributed by atoms with Crippen LogP contribution in [0, 0.1) is 11.9 Å². The first kappa shape index (κ1) is 34.7. The zero-order chi connectivity index (χ0) is 31.0. The Morgan fingerprint density at radius 2 is 1.30 bits per heavy atom. The second-order valence-corrected chi connectivity index (χ2v) is 13.8. The molecule has 3 fully saturated rings. The second-order valence-electron chi connectivity index (χ2n) is 13.8. The van der Waals surface area contributed by atoms with Gasteiger partial charge in [0.05, 0.1) is 11.3 Å². The fourth-order valence-electron chi connectivity index (χ4n) is 7.75. The van der Waals surface area contributed by atoms with Gasteiger partial charge in [-0.3, -0.25) is 9.69 Å². The highest BCUT2D eigenvalue weighted by Gasteiger charge is 2.36. The number of piperidine rings is 1. The lowest BCUT2D eigenvalue weighted by Gasteiger charge is -2.44. The lowest BCUT2D eigenvalue weighted by molar-refractivity contribution is 0.0622. The molecule has 44 heavy (non-hydrogen) atoms. The van der Waals surface area contributed by atoms with Gasteiger partial charge >= 0.3 is 0 Å². The van der Waals surface area contributed by atoms with E-state index in [1.807, 2.05) is 19.2 Å². The first-order chi connectivity index (χ1) is 21.6. The normalized spacial score (nSPS) is 26.3. The zero-order valence-electron chi connectivity index (χ0n) is 28.0. The topological polar surface area (TPSA) is 50.2 Å². The van der Waals surface area contributed by atoms with Crippen molar-refractivity contribution in [3.05, 3.63) is 42.1 Å². The van der Waals surface area contributed by atoms with Gasteiger partial charge in [0, 0.05) is 25.3 Å². The van der Waals surface area contributed by atoms with Crippen molar-refractivity contribution in [2.75, 3.05) is 13.1 Å². The number of carbonyl (C=O) groups excluding carboxylic acids is 1. The molecular formula is C38H61FN4O. The summed E-state index contributed by atoms with van der Waals surface area (Å²) in [5.74, 6) is -0.0761. The number of nitrogens with zero attached hydrogens (tertiary/aromatic N) is 3. The van der Waals surface area contributed by atoms with E-state index in [-0.39, 0.29) is 11.9 Å². The number of rotatable bonds is 3. The molecule has 6 heteroatoms. The standard InChI is InChI=1S/C38H61FN4O/c1-31-36(41-38(44)35-26-25-34(42(35)2)33-24-22-28-40-37(33)39)32-23-20-18-16-14-12-10-8-6-4-3-5-7-9-11-13-15-17-19-21-29-43(31)30-27-32/h22,24-26,28,31-32,36H,3-21,23,27,29-30H2,1-2H3,(H,41,44)/t31-,32?,36-/m0/s1. The third-order valence-electron chi connectivity index (χ3n) is 10.6. The average Bonchev–Trinajstić information content (AvgIpc) is 3.40. The molecule has 2 aromatic heterocycles. The van der Waals surface area contributed by atoms with Gasteiger partial charge in [-0.1, -0.05) is 116 Å². The molecule has 5 rings (SSSR count). The van der Waals surface area contributed by atoms with Gasteiger partial charge in [-0.15, -0.1) is 0 Å². The summed E-state index contributed by atoms with van der Waals surface area (Å²) in [6, 6.07) is 7.53. The van der Waals surface area contributed by atoms with E-state index in [0.717, 1.165) is 19.5 Å². The van der Waals surface area contributed by atoms with Crippen molar-refractivity contribution >= 4 is 5.91 Å². The van der Waals surface area contributed by atoms with E-state index < -0.39 is 5.95 Å². The molecule has 2 bridgehead atoms. The second kappa shape index (κ2) is 19.3. The summed E-state index contributed by atoms with van der Waals surface area (Å²) < 4.78 is 16.2. The predicted octanol–water partition coefficient (Wildman–Crippen LogP) is 9.85. The summed E-state index contributed by atoms with van der Waals surface area (Å²) in [4.78, 5) is 20.2. The molecule has 4 atom stereocenters. The first-order valence-corrected chi connectivity index (χ1v) is 18.4. The fourth-order valence-corrected chi connectivity index (χ4v) is 7.75. The molecule has 3 saturated heterocycles. The predicted molar refractivity (Wildman–Crippen MR) is 181 cm³/mol. The number of hydrogen-bond acceptors (Lipinski definition) is 3. The molecular weight excluding hydrogens is 547 g/mol. The van der Waals surface area contributed by atoms with E-state index in [2.05, 4.69) is 22.1 Å². The van der Waals surface area contributed by atoms with Crippen LogP contribution in [-0.2, 0) is 7.05 Å². The number of aromatic nitrogens is 2. The van der Waals surface area contributed by atoms with E-state index in [4.69, 9.17) is 0 Å². The average molecular weight is 609 g/mol. The number of carbonyl (C=O) groups is 1. The quantitative estimate of drug-likeness (QED) is 0.353. The van der Waals surface area contributed by atoms with Crippen LogP contribution < -0.4 is 5.32 Å². The van der Waals surface area contributed by atoms with Gasteiger partial charge in [0.25, 0.3) is 5.91 Å². The molecule has 0 radical (unpaired) electrons. The molecule has 246 valence electrons. The molecule has 3 aliphatic rings. The Hall–Kier alpha value is -2.21. The summed E-state index contributed by atoms with van der Waals surface area (Å²) in [5, 5.41) is 3.49. The summed E-state index contributed by atoms with van der Waals surface area (Å²) in [6.45, 7) is 4.58. The van der Waals surface area contributed by atoms with Gasteiger partial charge in [-0.05, 0) is 69.5 Å². The minimum absolute atomic E-state index is 0.0595. The van der Waals surface area contributed by atoms with Crippen LogP contribution in [0.3, 0.4) is 0 Å². The van der Waals surface area contributed by atoms with Crippen molar-refractivity contribution < 1.29 is 9.18 Å². The molecule has 2 aromatic rings. The molecule has 5 heterocycles. The minimum atomic E-state index is -0.512. The van der Waals surface area contributed by atoms with E-state index in [1.165, 1.54) is 135 Å². The van der Waals surface area contributed by atoms with E-state index in [9.17, 15) is 9.18 Å². The highest BCUT2D eigenvalue weighted by atomic mass is 19.1. The molecule has 3 aliphatic heterocycles. The summed E-state index contributed by atoms with van der Waals surface area (Å²) in [5.41, 5.74) is 1.66. The maximum Gasteiger partial charge on any atom is 0.268 e. The third kappa shape index (κ3) is 10.7. The Morgan fingerprint density at radius 3 is 1.86 bits per heavy atom. The first-order valence-electron chi connectivity index (χ1n) is 18.4. The number of fused-ring (bicyclic) bond motifs is 22. The van der Waals surface area contributed by atoms with Crippen molar-refractivity contribution in [2.24, 2.45) is 13.0 Å². The van der Waals surface area contributed by atoms with Crippen LogP contribution in [0.4, 0.5) is 4.39 Å². The molecule has 0 aliphatic carbocycles. The maximum atomic E-state index is 14.4. The molecule has 5 nitrogen and oxygen atoms in total. The van der Waals surface area contributed by atoms with Crippen LogP contribution in [0.1, 0.15) is 152 Å². The lowest BCUT2D eigenvalue weighted by atomic mass is 9.82. The van der Waals surface area contributed by atoms with Crippen LogP contribution in [0.15, 0.2) is 30.5 Å². The van der Waals surface area contributed by atoms with Gasteiger partial charge in [-0.2, -0.15) is 4.39 Å². The SMILES string of the molecule is C[C@H]1[C@H](NC(=O)c2ccc(-c3cccnc3F)n2C)C2CCCCCCCCCCCCCCCCCCCCCN1CC2. The maximum absolute atomic E-state index is 14.4. The van der Waals surface area contributed by atoms with Gasteiger partial charge < -0.3 is 9.88 Å². The fraction of sp³-hybridized carbons (Fsp3) is 0.737. The Labute approximate surface area is 267 Å².